The Labute approximate surface area is 57.2 Å². The largest absolute Gasteiger partial charge is 0.381 e. The summed E-state index contributed by atoms with van der Waals surface area (Å²) < 4.78 is 5.19. The van der Waals surface area contributed by atoms with Crippen molar-refractivity contribution in [1.82, 2.24) is 6.15 Å². The zero-order valence-corrected chi connectivity index (χ0v) is 6.23. The SMILES string of the molecule is COC1CCCCC1.N. The molecule has 0 saturated heterocycles. The summed E-state index contributed by atoms with van der Waals surface area (Å²) in [6.45, 7) is 0. The average molecular weight is 131 g/mol. The van der Waals surface area contributed by atoms with Gasteiger partial charge in [0, 0.05) is 7.11 Å². The second-order valence-electron chi connectivity index (χ2n) is 2.50. The molecule has 2 nitrogen and oxygen atoms in total. The Morgan fingerprint density at radius 2 is 1.67 bits per heavy atom. The van der Waals surface area contributed by atoms with Crippen molar-refractivity contribution in [3.05, 3.63) is 0 Å². The van der Waals surface area contributed by atoms with Crippen LogP contribution in [0.1, 0.15) is 32.1 Å². The third-order valence-electron chi connectivity index (χ3n) is 1.89. The molecule has 1 fully saturated rings. The molecular weight excluding hydrogens is 114 g/mol. The molecule has 9 heavy (non-hydrogen) atoms. The van der Waals surface area contributed by atoms with E-state index < -0.39 is 0 Å². The summed E-state index contributed by atoms with van der Waals surface area (Å²) >= 11 is 0. The zero-order valence-electron chi connectivity index (χ0n) is 6.23. The van der Waals surface area contributed by atoms with Gasteiger partial charge in [0.05, 0.1) is 6.10 Å². The predicted octanol–water partition coefficient (Wildman–Crippen LogP) is 2.13. The number of methoxy groups -OCH3 is 1. The highest BCUT2D eigenvalue weighted by molar-refractivity contribution is 4.63. The Balaban J connectivity index is 0.000000640. The fourth-order valence-electron chi connectivity index (χ4n) is 1.30. The van der Waals surface area contributed by atoms with Crippen molar-refractivity contribution < 1.29 is 4.74 Å². The molecule has 0 aliphatic heterocycles. The molecule has 1 rings (SSSR count). The van der Waals surface area contributed by atoms with Gasteiger partial charge in [-0.25, -0.2) is 0 Å². The molecule has 0 aromatic carbocycles. The number of hydrogen-bond donors (Lipinski definition) is 1. The Kier molecular flexibility index (Phi) is 4.72. The fraction of sp³-hybridized carbons (Fsp3) is 1.00. The highest BCUT2D eigenvalue weighted by Crippen LogP contribution is 2.18. The quantitative estimate of drug-likeness (QED) is 0.592. The van der Waals surface area contributed by atoms with Crippen molar-refractivity contribution in [2.45, 2.75) is 38.2 Å². The lowest BCUT2D eigenvalue weighted by Crippen LogP contribution is -2.13. The van der Waals surface area contributed by atoms with E-state index in [-0.39, 0.29) is 6.15 Å². The van der Waals surface area contributed by atoms with Gasteiger partial charge >= 0.3 is 0 Å². The number of hydrogen-bond acceptors (Lipinski definition) is 2. The van der Waals surface area contributed by atoms with Crippen molar-refractivity contribution in [3.63, 3.8) is 0 Å². The summed E-state index contributed by atoms with van der Waals surface area (Å²) in [6, 6.07) is 0. The first kappa shape index (κ1) is 8.92. The smallest absolute Gasteiger partial charge is 0.0571 e. The molecule has 0 bridgehead atoms. The highest BCUT2D eigenvalue weighted by Gasteiger charge is 2.10. The molecule has 1 saturated carbocycles. The average Bonchev–Trinajstić information content (AvgIpc) is 1.90. The lowest BCUT2D eigenvalue weighted by atomic mass is 9.98. The van der Waals surface area contributed by atoms with Crippen LogP contribution < -0.4 is 6.15 Å². The van der Waals surface area contributed by atoms with Gasteiger partial charge in [0.15, 0.2) is 0 Å². The molecule has 1 aliphatic rings. The van der Waals surface area contributed by atoms with Crippen LogP contribution >= 0.6 is 0 Å². The van der Waals surface area contributed by atoms with Crippen molar-refractivity contribution in [1.29, 1.82) is 0 Å². The zero-order chi connectivity index (χ0) is 5.82. The minimum atomic E-state index is 0. The maximum absolute atomic E-state index is 5.19. The van der Waals surface area contributed by atoms with E-state index in [4.69, 9.17) is 4.74 Å². The first-order chi connectivity index (χ1) is 3.93. The normalized spacial score (nSPS) is 21.0. The molecule has 0 amide bonds. The molecule has 1 aliphatic carbocycles. The second kappa shape index (κ2) is 4.77. The monoisotopic (exact) mass is 131 g/mol. The van der Waals surface area contributed by atoms with E-state index in [0.717, 1.165) is 0 Å². The minimum absolute atomic E-state index is 0. The van der Waals surface area contributed by atoms with Gasteiger partial charge in [0.25, 0.3) is 0 Å². The molecule has 0 aromatic rings. The van der Waals surface area contributed by atoms with E-state index in [0.29, 0.717) is 6.10 Å². The summed E-state index contributed by atoms with van der Waals surface area (Å²) in [6.07, 6.45) is 7.33. The molecule has 0 unspecified atom stereocenters. The van der Waals surface area contributed by atoms with Crippen LogP contribution in [-0.4, -0.2) is 13.2 Å². The lowest BCUT2D eigenvalue weighted by molar-refractivity contribution is 0.0710. The van der Waals surface area contributed by atoms with Crippen LogP contribution in [0.15, 0.2) is 0 Å². The van der Waals surface area contributed by atoms with Gasteiger partial charge in [0.1, 0.15) is 0 Å². The van der Waals surface area contributed by atoms with Crippen molar-refractivity contribution in [3.8, 4) is 0 Å². The van der Waals surface area contributed by atoms with Gasteiger partial charge < -0.3 is 10.9 Å². The van der Waals surface area contributed by atoms with Crippen LogP contribution in [0.2, 0.25) is 0 Å². The number of ether oxygens (including phenoxy) is 1. The highest BCUT2D eigenvalue weighted by atomic mass is 16.5. The summed E-state index contributed by atoms with van der Waals surface area (Å²) in [5.41, 5.74) is 0. The third kappa shape index (κ3) is 2.82. The van der Waals surface area contributed by atoms with Crippen molar-refractivity contribution >= 4 is 0 Å². The van der Waals surface area contributed by atoms with Gasteiger partial charge in [-0.05, 0) is 12.8 Å². The first-order valence-corrected chi connectivity index (χ1v) is 3.46. The molecular formula is C7H17NO. The fourth-order valence-corrected chi connectivity index (χ4v) is 1.30. The summed E-state index contributed by atoms with van der Waals surface area (Å²) in [5.74, 6) is 0. The molecule has 0 atom stereocenters. The van der Waals surface area contributed by atoms with E-state index in [1.165, 1.54) is 32.1 Å². The first-order valence-electron chi connectivity index (χ1n) is 3.46. The van der Waals surface area contributed by atoms with E-state index in [1.807, 2.05) is 7.11 Å². The third-order valence-corrected chi connectivity index (χ3v) is 1.89. The van der Waals surface area contributed by atoms with Crippen LogP contribution in [0.5, 0.6) is 0 Å². The minimum Gasteiger partial charge on any atom is -0.381 e. The van der Waals surface area contributed by atoms with E-state index in [2.05, 4.69) is 0 Å². The Morgan fingerprint density at radius 1 is 1.11 bits per heavy atom. The van der Waals surface area contributed by atoms with E-state index >= 15 is 0 Å². The van der Waals surface area contributed by atoms with Gasteiger partial charge in [0.2, 0.25) is 0 Å². The van der Waals surface area contributed by atoms with Crippen LogP contribution in [0.3, 0.4) is 0 Å². The number of rotatable bonds is 1. The maximum atomic E-state index is 5.19. The molecule has 56 valence electrons. The van der Waals surface area contributed by atoms with Gasteiger partial charge in [-0.15, -0.1) is 0 Å². The summed E-state index contributed by atoms with van der Waals surface area (Å²) in [7, 11) is 1.82. The van der Waals surface area contributed by atoms with E-state index in [1.54, 1.807) is 0 Å². The lowest BCUT2D eigenvalue weighted by Gasteiger charge is -2.19. The second-order valence-corrected chi connectivity index (χ2v) is 2.50. The predicted molar refractivity (Wildman–Crippen MR) is 38.9 cm³/mol. The Bertz CT molecular complexity index is 59.9. The molecule has 0 heterocycles. The van der Waals surface area contributed by atoms with Gasteiger partial charge in [-0.1, -0.05) is 19.3 Å². The van der Waals surface area contributed by atoms with Crippen LogP contribution in [0, 0.1) is 0 Å². The molecule has 0 spiro atoms. The molecule has 3 N–H and O–H groups in total. The Morgan fingerprint density at radius 3 is 2.00 bits per heavy atom. The van der Waals surface area contributed by atoms with Gasteiger partial charge in [-0.2, -0.15) is 0 Å². The summed E-state index contributed by atoms with van der Waals surface area (Å²) in [4.78, 5) is 0. The van der Waals surface area contributed by atoms with Gasteiger partial charge in [-0.3, -0.25) is 0 Å². The van der Waals surface area contributed by atoms with Crippen molar-refractivity contribution in [2.75, 3.05) is 7.11 Å². The topological polar surface area (TPSA) is 44.2 Å². The van der Waals surface area contributed by atoms with Crippen molar-refractivity contribution in [2.24, 2.45) is 0 Å². The molecule has 0 radical (unpaired) electrons. The molecule has 0 aromatic heterocycles. The van der Waals surface area contributed by atoms with Crippen LogP contribution in [-0.2, 0) is 4.74 Å². The van der Waals surface area contributed by atoms with Crippen LogP contribution in [0.4, 0.5) is 0 Å². The van der Waals surface area contributed by atoms with Crippen LogP contribution in [0.25, 0.3) is 0 Å². The molecule has 2 heteroatoms. The summed E-state index contributed by atoms with van der Waals surface area (Å²) in [5, 5.41) is 0. The van der Waals surface area contributed by atoms with E-state index in [9.17, 15) is 0 Å². The maximum Gasteiger partial charge on any atom is 0.0571 e. The standard InChI is InChI=1S/C7H14O.H3N/c1-8-7-5-3-2-4-6-7;/h7H,2-6H2,1H3;1H3. The Hall–Kier alpha value is -0.0800.